The largest absolute Gasteiger partial charge is 0.494 e. The lowest BCUT2D eigenvalue weighted by atomic mass is 10.0. The summed E-state index contributed by atoms with van der Waals surface area (Å²) in [4.78, 5) is 4.83. The van der Waals surface area contributed by atoms with E-state index in [1.165, 1.54) is 11.1 Å². The van der Waals surface area contributed by atoms with Crippen LogP contribution in [0.15, 0.2) is 72.8 Å². The van der Waals surface area contributed by atoms with E-state index in [1.54, 1.807) is 0 Å². The van der Waals surface area contributed by atoms with E-state index in [-0.39, 0.29) is 0 Å². The minimum atomic E-state index is 0.438. The van der Waals surface area contributed by atoms with Crippen LogP contribution in [-0.4, -0.2) is 16.2 Å². The summed E-state index contributed by atoms with van der Waals surface area (Å²) in [7, 11) is 0. The topological polar surface area (TPSA) is 36.3 Å². The second kappa shape index (κ2) is 10.6. The van der Waals surface area contributed by atoms with Gasteiger partial charge in [-0.1, -0.05) is 64.1 Å². The van der Waals surface area contributed by atoms with E-state index in [1.807, 2.05) is 18.2 Å². The zero-order valence-corrected chi connectivity index (χ0v) is 20.1. The molecule has 0 amide bonds. The molecule has 0 aliphatic heterocycles. The first-order chi connectivity index (χ1) is 16.0. The smallest absolute Gasteiger partial charge is 0.147 e. The first kappa shape index (κ1) is 22.9. The van der Waals surface area contributed by atoms with Gasteiger partial charge in [0.15, 0.2) is 0 Å². The lowest BCUT2D eigenvalue weighted by molar-refractivity contribution is 0.280. The van der Waals surface area contributed by atoms with Crippen LogP contribution < -0.4 is 9.47 Å². The summed E-state index contributed by atoms with van der Waals surface area (Å²) in [5.41, 5.74) is 4.77. The standard InChI is InChI=1S/C29H34N2O2/c1-21(2)23-10-14-25(15-11-23)32-19-7-18-31-28-9-6-5-8-27(28)30-29(31)20-33-26-16-12-24(13-17-26)22(3)4/h5-6,8-17,21-22H,7,18-20H2,1-4H3. The third kappa shape index (κ3) is 5.75. The number of hydrogen-bond acceptors (Lipinski definition) is 3. The second-order valence-corrected chi connectivity index (χ2v) is 9.11. The van der Waals surface area contributed by atoms with Crippen LogP contribution in [0.3, 0.4) is 0 Å². The predicted octanol–water partition coefficient (Wildman–Crippen LogP) is 7.33. The lowest BCUT2D eigenvalue weighted by Crippen LogP contribution is -2.10. The van der Waals surface area contributed by atoms with Gasteiger partial charge in [-0.05, 0) is 65.8 Å². The van der Waals surface area contributed by atoms with Gasteiger partial charge < -0.3 is 14.0 Å². The number of fused-ring (bicyclic) bond motifs is 1. The van der Waals surface area contributed by atoms with Crippen LogP contribution in [0.25, 0.3) is 11.0 Å². The molecule has 0 N–H and O–H groups in total. The van der Waals surface area contributed by atoms with Crippen molar-refractivity contribution < 1.29 is 9.47 Å². The first-order valence-corrected chi connectivity index (χ1v) is 11.9. The number of ether oxygens (including phenoxy) is 2. The molecule has 0 radical (unpaired) electrons. The van der Waals surface area contributed by atoms with Gasteiger partial charge in [0.25, 0.3) is 0 Å². The minimum absolute atomic E-state index is 0.438. The second-order valence-electron chi connectivity index (χ2n) is 9.11. The Labute approximate surface area is 197 Å². The Bertz CT molecular complexity index is 1160. The maximum absolute atomic E-state index is 6.09. The lowest BCUT2D eigenvalue weighted by Gasteiger charge is -2.12. The Kier molecular flexibility index (Phi) is 7.33. The summed E-state index contributed by atoms with van der Waals surface area (Å²) < 4.78 is 14.3. The zero-order chi connectivity index (χ0) is 23.2. The maximum atomic E-state index is 6.09. The molecule has 0 spiro atoms. The number of para-hydroxylation sites is 2. The molecule has 0 atom stereocenters. The molecule has 3 aromatic carbocycles. The highest BCUT2D eigenvalue weighted by Crippen LogP contribution is 2.22. The van der Waals surface area contributed by atoms with Crippen molar-refractivity contribution in [3.8, 4) is 11.5 Å². The van der Waals surface area contributed by atoms with Gasteiger partial charge in [-0.2, -0.15) is 0 Å². The van der Waals surface area contributed by atoms with Crippen molar-refractivity contribution in [2.24, 2.45) is 0 Å². The van der Waals surface area contributed by atoms with Gasteiger partial charge in [0.1, 0.15) is 23.9 Å². The van der Waals surface area contributed by atoms with Crippen molar-refractivity contribution in [3.63, 3.8) is 0 Å². The van der Waals surface area contributed by atoms with Crippen molar-refractivity contribution in [1.29, 1.82) is 0 Å². The highest BCUT2D eigenvalue weighted by atomic mass is 16.5. The molecule has 1 heterocycles. The molecular weight excluding hydrogens is 408 g/mol. The van der Waals surface area contributed by atoms with Gasteiger partial charge >= 0.3 is 0 Å². The van der Waals surface area contributed by atoms with Crippen LogP contribution in [0, 0.1) is 0 Å². The third-order valence-electron chi connectivity index (χ3n) is 5.99. The van der Waals surface area contributed by atoms with Crippen molar-refractivity contribution in [1.82, 2.24) is 9.55 Å². The molecule has 0 aliphatic rings. The van der Waals surface area contributed by atoms with Gasteiger partial charge in [-0.15, -0.1) is 0 Å². The van der Waals surface area contributed by atoms with E-state index < -0.39 is 0 Å². The van der Waals surface area contributed by atoms with Crippen molar-refractivity contribution in [3.05, 3.63) is 89.7 Å². The van der Waals surface area contributed by atoms with Gasteiger partial charge in [-0.3, -0.25) is 0 Å². The quantitative estimate of drug-likeness (QED) is 0.241. The fourth-order valence-corrected chi connectivity index (χ4v) is 3.94. The minimum Gasteiger partial charge on any atom is -0.494 e. The molecule has 0 unspecified atom stereocenters. The van der Waals surface area contributed by atoms with Crippen LogP contribution in [0.4, 0.5) is 0 Å². The van der Waals surface area contributed by atoms with Crippen molar-refractivity contribution in [2.45, 2.75) is 59.1 Å². The number of rotatable bonds is 10. The van der Waals surface area contributed by atoms with Crippen molar-refractivity contribution in [2.75, 3.05) is 6.61 Å². The zero-order valence-electron chi connectivity index (χ0n) is 20.1. The number of hydrogen-bond donors (Lipinski definition) is 0. The molecule has 1 aromatic heterocycles. The highest BCUT2D eigenvalue weighted by Gasteiger charge is 2.11. The first-order valence-electron chi connectivity index (χ1n) is 11.9. The van der Waals surface area contributed by atoms with Gasteiger partial charge in [0.2, 0.25) is 0 Å². The Balaban J connectivity index is 1.39. The number of nitrogens with zero attached hydrogens (tertiary/aromatic N) is 2. The summed E-state index contributed by atoms with van der Waals surface area (Å²) in [6, 6.07) is 25.0. The highest BCUT2D eigenvalue weighted by molar-refractivity contribution is 5.75. The molecule has 0 aliphatic carbocycles. The molecule has 0 saturated heterocycles. The number of benzene rings is 3. The van der Waals surface area contributed by atoms with Crippen LogP contribution in [0.1, 0.15) is 62.9 Å². The molecule has 33 heavy (non-hydrogen) atoms. The average Bonchev–Trinajstić information content (AvgIpc) is 3.18. The number of aryl methyl sites for hydroxylation is 1. The molecule has 4 nitrogen and oxygen atoms in total. The molecule has 0 bridgehead atoms. The van der Waals surface area contributed by atoms with E-state index in [4.69, 9.17) is 14.5 Å². The Hall–Kier alpha value is -3.27. The fraction of sp³-hybridized carbons (Fsp3) is 0.345. The molecule has 0 fully saturated rings. The Morgan fingerprint density at radius 3 is 1.91 bits per heavy atom. The molecule has 4 aromatic rings. The maximum Gasteiger partial charge on any atom is 0.147 e. The summed E-state index contributed by atoms with van der Waals surface area (Å²) in [6.45, 7) is 10.7. The molecule has 172 valence electrons. The monoisotopic (exact) mass is 442 g/mol. The van der Waals surface area contributed by atoms with Gasteiger partial charge in [0, 0.05) is 6.54 Å². The number of aromatic nitrogens is 2. The number of imidazole rings is 1. The van der Waals surface area contributed by atoms with Crippen LogP contribution in [0.5, 0.6) is 11.5 Å². The molecule has 4 heteroatoms. The van der Waals surface area contributed by atoms with Gasteiger partial charge in [-0.25, -0.2) is 4.98 Å². The summed E-state index contributed by atoms with van der Waals surface area (Å²) in [5, 5.41) is 0. The summed E-state index contributed by atoms with van der Waals surface area (Å²) in [5.74, 6) is 3.76. The van der Waals surface area contributed by atoms with Crippen molar-refractivity contribution >= 4 is 11.0 Å². The van der Waals surface area contributed by atoms with E-state index >= 15 is 0 Å². The molecule has 0 saturated carbocycles. The van der Waals surface area contributed by atoms with E-state index in [0.29, 0.717) is 25.0 Å². The van der Waals surface area contributed by atoms with E-state index in [9.17, 15) is 0 Å². The van der Waals surface area contributed by atoms with E-state index in [2.05, 4.69) is 86.9 Å². The van der Waals surface area contributed by atoms with Crippen LogP contribution >= 0.6 is 0 Å². The van der Waals surface area contributed by atoms with Crippen LogP contribution in [0.2, 0.25) is 0 Å². The molecule has 4 rings (SSSR count). The fourth-order valence-electron chi connectivity index (χ4n) is 3.94. The SMILES string of the molecule is CC(C)c1ccc(OCCCn2c(COc3ccc(C(C)C)cc3)nc3ccccc32)cc1. The Morgan fingerprint density at radius 2 is 1.30 bits per heavy atom. The summed E-state index contributed by atoms with van der Waals surface area (Å²) in [6.07, 6.45) is 0.891. The van der Waals surface area contributed by atoms with Crippen LogP contribution in [-0.2, 0) is 13.2 Å². The summed E-state index contributed by atoms with van der Waals surface area (Å²) >= 11 is 0. The third-order valence-corrected chi connectivity index (χ3v) is 5.99. The normalized spacial score (nSPS) is 11.5. The van der Waals surface area contributed by atoms with Gasteiger partial charge in [0.05, 0.1) is 17.6 Å². The predicted molar refractivity (Wildman–Crippen MR) is 135 cm³/mol. The molecular formula is C29H34N2O2. The van der Waals surface area contributed by atoms with E-state index in [0.717, 1.165) is 41.3 Å². The Morgan fingerprint density at radius 1 is 0.727 bits per heavy atom. The average molecular weight is 443 g/mol.